The third-order valence-electron chi connectivity index (χ3n) is 6.14. The van der Waals surface area contributed by atoms with E-state index < -0.39 is 12.1 Å². The Morgan fingerprint density at radius 3 is 2.91 bits per heavy atom. The fourth-order valence-electron chi connectivity index (χ4n) is 4.39. The van der Waals surface area contributed by atoms with Crippen LogP contribution in [-0.4, -0.2) is 50.1 Å². The molecule has 2 aliphatic heterocycles. The van der Waals surface area contributed by atoms with Gasteiger partial charge in [-0.2, -0.15) is 23.8 Å². The molecule has 1 N–H and O–H groups in total. The van der Waals surface area contributed by atoms with Gasteiger partial charge in [-0.05, 0) is 30.2 Å². The first kappa shape index (κ1) is 21.4. The lowest BCUT2D eigenvalue weighted by Gasteiger charge is -2.34. The largest absolute Gasteiger partial charge is 0.457 e. The number of hydrogen-bond donors (Lipinski definition) is 1. The van der Waals surface area contributed by atoms with Crippen molar-refractivity contribution >= 4 is 5.97 Å². The fraction of sp³-hybridized carbons (Fsp3) is 0.364. The van der Waals surface area contributed by atoms with Gasteiger partial charge in [0.05, 0.1) is 23.1 Å². The molecule has 4 heterocycles. The highest BCUT2D eigenvalue weighted by Gasteiger charge is 2.28. The topological polar surface area (TPSA) is 94.3 Å². The number of esters is 1. The van der Waals surface area contributed by atoms with Gasteiger partial charge in [0.25, 0.3) is 5.56 Å². The average Bonchev–Trinajstić information content (AvgIpc) is 3.41. The number of benzene rings is 1. The Hall–Kier alpha value is -3.44. The van der Waals surface area contributed by atoms with Crippen LogP contribution in [0.4, 0.5) is 8.78 Å². The summed E-state index contributed by atoms with van der Waals surface area (Å²) >= 11 is 0. The first-order valence-corrected chi connectivity index (χ1v) is 10.6. The number of nitrogens with one attached hydrogen (secondary N) is 1. The molecule has 5 rings (SSSR count). The molecule has 0 spiro atoms. The summed E-state index contributed by atoms with van der Waals surface area (Å²) in [5, 5.41) is 12.1. The lowest BCUT2D eigenvalue weighted by Crippen LogP contribution is -2.45. The molecule has 1 saturated heterocycles. The maximum Gasteiger partial charge on any atom is 0.338 e. The molecule has 9 nitrogen and oxygen atoms in total. The molecule has 1 aromatic carbocycles. The standard InChI is InChI=1S/C22H22F2N6O3/c1-13-16(2-3-17-18(13)12-33-21(17)32)19-11-28(7-5-25-19)10-14-9-26-30(27-14)15-4-6-29(22(23)24)20(31)8-15/h2-4,6,8-9,19,22,25H,5,7,10-12H2,1H3/t19-/m0/s1. The van der Waals surface area contributed by atoms with Crippen LogP contribution in [0.3, 0.4) is 0 Å². The number of alkyl halides is 2. The summed E-state index contributed by atoms with van der Waals surface area (Å²) < 4.78 is 31.1. The van der Waals surface area contributed by atoms with E-state index in [0.717, 1.165) is 48.6 Å². The van der Waals surface area contributed by atoms with Crippen molar-refractivity contribution in [1.29, 1.82) is 0 Å². The number of carbonyl (C=O) groups is 1. The second kappa shape index (κ2) is 8.49. The summed E-state index contributed by atoms with van der Waals surface area (Å²) in [4.78, 5) is 27.2. The molecule has 0 saturated carbocycles. The highest BCUT2D eigenvalue weighted by molar-refractivity contribution is 5.94. The van der Waals surface area contributed by atoms with Crippen molar-refractivity contribution in [2.45, 2.75) is 32.7 Å². The van der Waals surface area contributed by atoms with Crippen LogP contribution < -0.4 is 10.9 Å². The predicted octanol–water partition coefficient (Wildman–Crippen LogP) is 1.95. The number of nitrogens with zero attached hydrogens (tertiary/aromatic N) is 5. The van der Waals surface area contributed by atoms with E-state index >= 15 is 0 Å². The number of hydrogen-bond acceptors (Lipinski definition) is 7. The molecule has 1 fully saturated rings. The molecule has 1 atom stereocenters. The maximum absolute atomic E-state index is 12.8. The van der Waals surface area contributed by atoms with Gasteiger partial charge in [-0.1, -0.05) is 6.07 Å². The van der Waals surface area contributed by atoms with E-state index in [1.165, 1.54) is 10.9 Å². The van der Waals surface area contributed by atoms with Gasteiger partial charge in [0, 0.05) is 50.0 Å². The zero-order valence-corrected chi connectivity index (χ0v) is 17.9. The van der Waals surface area contributed by atoms with Crippen molar-refractivity contribution < 1.29 is 18.3 Å². The van der Waals surface area contributed by atoms with Crippen LogP contribution in [0.2, 0.25) is 0 Å². The highest BCUT2D eigenvalue weighted by Crippen LogP contribution is 2.30. The zero-order valence-electron chi connectivity index (χ0n) is 17.9. The minimum absolute atomic E-state index is 0.0942. The van der Waals surface area contributed by atoms with Crippen LogP contribution in [0.5, 0.6) is 0 Å². The molecule has 0 amide bonds. The third-order valence-corrected chi connectivity index (χ3v) is 6.14. The summed E-state index contributed by atoms with van der Waals surface area (Å²) in [6.07, 6.45) is 2.64. The normalized spacial score (nSPS) is 18.5. The van der Waals surface area contributed by atoms with Crippen LogP contribution in [-0.2, 0) is 17.9 Å². The van der Waals surface area contributed by atoms with E-state index in [9.17, 15) is 18.4 Å². The number of pyridine rings is 1. The molecule has 11 heteroatoms. The smallest absolute Gasteiger partial charge is 0.338 e. The van der Waals surface area contributed by atoms with Crippen LogP contribution in [0.1, 0.15) is 45.3 Å². The number of aromatic nitrogens is 4. The molecule has 3 aromatic rings. The SMILES string of the molecule is Cc1c([C@@H]2CN(Cc3cnn(-c4ccn(C(F)F)c(=O)c4)n3)CCN2)ccc2c1COC2=O. The van der Waals surface area contributed by atoms with Crippen molar-refractivity contribution in [3.63, 3.8) is 0 Å². The van der Waals surface area contributed by atoms with Gasteiger partial charge in [-0.25, -0.2) is 4.79 Å². The fourth-order valence-corrected chi connectivity index (χ4v) is 4.39. The summed E-state index contributed by atoms with van der Waals surface area (Å²) in [6, 6.07) is 6.38. The molecule has 2 aromatic heterocycles. The van der Waals surface area contributed by atoms with Gasteiger partial charge >= 0.3 is 12.5 Å². The minimum Gasteiger partial charge on any atom is -0.457 e. The van der Waals surface area contributed by atoms with Crippen molar-refractivity contribution in [3.8, 4) is 5.69 Å². The average molecular weight is 456 g/mol. The maximum atomic E-state index is 12.8. The Morgan fingerprint density at radius 1 is 1.27 bits per heavy atom. The molecular formula is C22H22F2N6O3. The van der Waals surface area contributed by atoms with Gasteiger partial charge in [0.2, 0.25) is 0 Å². The molecule has 0 radical (unpaired) electrons. The molecule has 2 aliphatic rings. The van der Waals surface area contributed by atoms with Crippen LogP contribution in [0.15, 0.2) is 41.5 Å². The summed E-state index contributed by atoms with van der Waals surface area (Å²) in [7, 11) is 0. The second-order valence-electron chi connectivity index (χ2n) is 8.16. The molecular weight excluding hydrogens is 434 g/mol. The van der Waals surface area contributed by atoms with E-state index in [-0.39, 0.29) is 12.0 Å². The van der Waals surface area contributed by atoms with Crippen LogP contribution in [0.25, 0.3) is 5.69 Å². The van der Waals surface area contributed by atoms with Crippen molar-refractivity contribution in [2.24, 2.45) is 0 Å². The quantitative estimate of drug-likeness (QED) is 0.587. The van der Waals surface area contributed by atoms with Crippen molar-refractivity contribution in [1.82, 2.24) is 29.8 Å². The highest BCUT2D eigenvalue weighted by atomic mass is 19.3. The summed E-state index contributed by atoms with van der Waals surface area (Å²) in [5.41, 5.74) is 4.02. The van der Waals surface area contributed by atoms with Gasteiger partial charge in [-0.15, -0.1) is 0 Å². The lowest BCUT2D eigenvalue weighted by molar-refractivity contribution is 0.0534. The minimum atomic E-state index is -2.89. The van der Waals surface area contributed by atoms with Gasteiger partial charge in [-0.3, -0.25) is 14.3 Å². The molecule has 172 valence electrons. The number of rotatable bonds is 5. The number of ether oxygens (including phenoxy) is 1. The molecule has 0 aliphatic carbocycles. The zero-order chi connectivity index (χ0) is 23.1. The summed E-state index contributed by atoms with van der Waals surface area (Å²) in [5.74, 6) is -0.271. The van der Waals surface area contributed by atoms with E-state index in [0.29, 0.717) is 34.7 Å². The molecule has 0 bridgehead atoms. The van der Waals surface area contributed by atoms with E-state index in [1.807, 2.05) is 19.1 Å². The number of fused-ring (bicyclic) bond motifs is 1. The van der Waals surface area contributed by atoms with E-state index in [2.05, 4.69) is 20.4 Å². The van der Waals surface area contributed by atoms with E-state index in [1.54, 1.807) is 6.20 Å². The predicted molar refractivity (Wildman–Crippen MR) is 113 cm³/mol. The Morgan fingerprint density at radius 2 is 2.12 bits per heavy atom. The van der Waals surface area contributed by atoms with Gasteiger partial charge < -0.3 is 10.1 Å². The van der Waals surface area contributed by atoms with Gasteiger partial charge in [0.15, 0.2) is 0 Å². The molecule has 0 unspecified atom stereocenters. The Bertz CT molecular complexity index is 1270. The second-order valence-corrected chi connectivity index (χ2v) is 8.16. The van der Waals surface area contributed by atoms with Gasteiger partial charge in [0.1, 0.15) is 6.61 Å². The Balaban J connectivity index is 1.30. The number of piperazine rings is 1. The first-order valence-electron chi connectivity index (χ1n) is 10.6. The van der Waals surface area contributed by atoms with Crippen LogP contribution in [0, 0.1) is 6.92 Å². The summed E-state index contributed by atoms with van der Waals surface area (Å²) in [6.45, 7) is 2.34. The number of halogens is 2. The third kappa shape index (κ3) is 4.05. The monoisotopic (exact) mass is 456 g/mol. The van der Waals surface area contributed by atoms with E-state index in [4.69, 9.17) is 4.74 Å². The first-order chi connectivity index (χ1) is 15.9. The van der Waals surface area contributed by atoms with Crippen molar-refractivity contribution in [3.05, 3.63) is 75.0 Å². The number of cyclic esters (lactones) is 1. The Kier molecular flexibility index (Phi) is 5.51. The van der Waals surface area contributed by atoms with Crippen molar-refractivity contribution in [2.75, 3.05) is 19.6 Å². The Labute approximate surface area is 187 Å². The molecule has 33 heavy (non-hydrogen) atoms. The van der Waals surface area contributed by atoms with Crippen LogP contribution >= 0.6 is 0 Å². The number of carbonyl (C=O) groups excluding carboxylic acids is 1. The lowest BCUT2D eigenvalue weighted by atomic mass is 9.93.